The van der Waals surface area contributed by atoms with Crippen LogP contribution in [0.15, 0.2) is 71.8 Å². The zero-order valence-corrected chi connectivity index (χ0v) is 20.3. The molecule has 0 saturated heterocycles. The van der Waals surface area contributed by atoms with Crippen molar-refractivity contribution in [3.8, 4) is 5.69 Å². The molecule has 0 aliphatic rings. The van der Waals surface area contributed by atoms with Gasteiger partial charge in [-0.1, -0.05) is 11.6 Å². The minimum absolute atomic E-state index is 0.258. The molecule has 0 radical (unpaired) electrons. The number of nitrogens with one attached hydrogen (secondary N) is 1. The summed E-state index contributed by atoms with van der Waals surface area (Å²) in [4.78, 5) is 30.7. The van der Waals surface area contributed by atoms with Crippen LogP contribution in [0.1, 0.15) is 34.6 Å². The fraction of sp³-hybridized carbons (Fsp3) is 0.154. The molecule has 0 aliphatic heterocycles. The molecule has 3 heterocycles. The van der Waals surface area contributed by atoms with E-state index in [0.29, 0.717) is 32.7 Å². The van der Waals surface area contributed by atoms with Crippen molar-refractivity contribution in [3.63, 3.8) is 0 Å². The lowest BCUT2D eigenvalue weighted by Crippen LogP contribution is -2.27. The summed E-state index contributed by atoms with van der Waals surface area (Å²) in [5.74, 6) is -0.373. The number of alkyl halides is 3. The summed E-state index contributed by atoms with van der Waals surface area (Å²) in [5.41, 5.74) is 0.732. The van der Waals surface area contributed by atoms with Gasteiger partial charge in [-0.25, -0.2) is 0 Å². The fourth-order valence-electron chi connectivity index (χ4n) is 4.19. The summed E-state index contributed by atoms with van der Waals surface area (Å²) in [6, 6.07) is 12.1. The van der Waals surface area contributed by atoms with Crippen LogP contribution in [0.5, 0.6) is 0 Å². The minimum atomic E-state index is -4.50. The molecular weight excluding hydrogens is 507 g/mol. The van der Waals surface area contributed by atoms with E-state index < -0.39 is 23.3 Å². The van der Waals surface area contributed by atoms with Crippen molar-refractivity contribution in [3.05, 3.63) is 99.2 Å². The van der Waals surface area contributed by atoms with E-state index in [1.165, 1.54) is 27.6 Å². The lowest BCUT2D eigenvalue weighted by atomic mass is 10.1. The van der Waals surface area contributed by atoms with Crippen molar-refractivity contribution >= 4 is 39.3 Å². The van der Waals surface area contributed by atoms with Crippen molar-refractivity contribution in [2.24, 2.45) is 7.05 Å². The Morgan fingerprint density at radius 1 is 1.05 bits per heavy atom. The Bertz CT molecular complexity index is 1710. The monoisotopic (exact) mass is 525 g/mol. The normalized spacial score (nSPS) is 12.7. The van der Waals surface area contributed by atoms with E-state index in [-0.39, 0.29) is 17.0 Å². The fourth-order valence-corrected chi connectivity index (χ4v) is 4.30. The predicted octanol–water partition coefficient (Wildman–Crippen LogP) is 5.44. The minimum Gasteiger partial charge on any atom is -0.344 e. The number of amides is 1. The van der Waals surface area contributed by atoms with Crippen LogP contribution in [0.25, 0.3) is 27.5 Å². The van der Waals surface area contributed by atoms with Gasteiger partial charge in [0.25, 0.3) is 11.5 Å². The van der Waals surface area contributed by atoms with Crippen LogP contribution in [0.2, 0.25) is 5.02 Å². The Morgan fingerprint density at radius 3 is 2.43 bits per heavy atom. The number of hydrogen-bond acceptors (Lipinski definition) is 4. The molecule has 0 aliphatic carbocycles. The van der Waals surface area contributed by atoms with E-state index in [2.05, 4.69) is 15.4 Å². The Balaban J connectivity index is 1.61. The van der Waals surface area contributed by atoms with Gasteiger partial charge in [0.15, 0.2) is 0 Å². The van der Waals surface area contributed by atoms with Gasteiger partial charge < -0.3 is 5.32 Å². The van der Waals surface area contributed by atoms with Crippen LogP contribution >= 0.6 is 11.6 Å². The number of fused-ring (bicyclic) bond motifs is 3. The van der Waals surface area contributed by atoms with Gasteiger partial charge in [-0.05, 0) is 61.5 Å². The maximum absolute atomic E-state index is 13.4. The molecule has 5 rings (SSSR count). The summed E-state index contributed by atoms with van der Waals surface area (Å²) in [6.45, 7) is 1.79. The average Bonchev–Trinajstić information content (AvgIpc) is 3.26. The summed E-state index contributed by atoms with van der Waals surface area (Å²) >= 11 is 5.89. The van der Waals surface area contributed by atoms with Gasteiger partial charge in [0.05, 0.1) is 33.2 Å². The Morgan fingerprint density at radius 2 is 1.78 bits per heavy atom. The van der Waals surface area contributed by atoms with Gasteiger partial charge in [0, 0.05) is 36.1 Å². The largest absolute Gasteiger partial charge is 0.416 e. The van der Waals surface area contributed by atoms with Gasteiger partial charge in [-0.15, -0.1) is 0 Å². The highest BCUT2D eigenvalue weighted by atomic mass is 35.5. The quantitative estimate of drug-likeness (QED) is 0.339. The highest BCUT2D eigenvalue weighted by Crippen LogP contribution is 2.31. The molecule has 188 valence electrons. The molecule has 5 aromatic rings. The molecule has 37 heavy (non-hydrogen) atoms. The number of nitrogens with zero attached hydrogens (tertiary/aromatic N) is 4. The van der Waals surface area contributed by atoms with Crippen molar-refractivity contribution in [2.45, 2.75) is 19.1 Å². The Hall–Kier alpha value is -4.18. The number of benzene rings is 2. The Labute approximate surface area is 213 Å². The molecule has 3 aromatic heterocycles. The predicted molar refractivity (Wildman–Crippen MR) is 134 cm³/mol. The molecule has 0 spiro atoms. The lowest BCUT2D eigenvalue weighted by molar-refractivity contribution is -0.137. The second-order valence-electron chi connectivity index (χ2n) is 8.58. The SMILES string of the molecule is C[C@H](NC(=O)c1ccc2c(c1)c1nn(C)cc1c(=O)n2-c1ccc(C(F)(F)F)cc1)c1ccc(Cl)cn1. The molecule has 1 N–H and O–H groups in total. The third-order valence-corrected chi connectivity index (χ3v) is 6.23. The third kappa shape index (κ3) is 4.55. The zero-order chi connectivity index (χ0) is 26.5. The molecule has 0 fully saturated rings. The first kappa shape index (κ1) is 24.5. The molecule has 0 bridgehead atoms. The highest BCUT2D eigenvalue weighted by Gasteiger charge is 2.30. The summed E-state index contributed by atoms with van der Waals surface area (Å²) in [7, 11) is 1.66. The zero-order valence-electron chi connectivity index (χ0n) is 19.5. The van der Waals surface area contributed by atoms with Crippen LogP contribution in [0, 0.1) is 0 Å². The van der Waals surface area contributed by atoms with E-state index in [9.17, 15) is 22.8 Å². The molecule has 11 heteroatoms. The average molecular weight is 526 g/mol. The number of pyridine rings is 2. The van der Waals surface area contributed by atoms with Crippen molar-refractivity contribution < 1.29 is 18.0 Å². The first-order chi connectivity index (χ1) is 17.5. The maximum Gasteiger partial charge on any atom is 0.416 e. The van der Waals surface area contributed by atoms with E-state index in [1.54, 1.807) is 50.5 Å². The molecule has 1 atom stereocenters. The number of aromatic nitrogens is 4. The molecule has 1 amide bonds. The molecule has 7 nitrogen and oxygen atoms in total. The first-order valence-electron chi connectivity index (χ1n) is 11.1. The van der Waals surface area contributed by atoms with Crippen LogP contribution in [-0.4, -0.2) is 25.2 Å². The topological polar surface area (TPSA) is 81.8 Å². The number of halogens is 4. The number of rotatable bonds is 4. The number of hydrogen-bond donors (Lipinski definition) is 1. The van der Waals surface area contributed by atoms with Gasteiger partial charge in [-0.2, -0.15) is 18.3 Å². The standard InChI is InChI=1S/C26H19ClF3N5O2/c1-14(21-9-6-17(27)12-31-21)32-24(36)15-3-10-22-19(11-15)23-20(13-34(2)33-23)25(37)35(22)18-7-4-16(5-8-18)26(28,29)30/h3-14H,1-2H3,(H,32,36)/t14-/m0/s1. The van der Waals surface area contributed by atoms with Crippen LogP contribution in [-0.2, 0) is 13.2 Å². The summed E-state index contributed by atoms with van der Waals surface area (Å²) in [5, 5.41) is 8.53. The maximum atomic E-state index is 13.4. The molecular formula is C26H19ClF3N5O2. The number of aryl methyl sites for hydroxylation is 1. The second kappa shape index (κ2) is 9.04. The van der Waals surface area contributed by atoms with E-state index >= 15 is 0 Å². The van der Waals surface area contributed by atoms with Crippen molar-refractivity contribution in [1.82, 2.24) is 24.6 Å². The van der Waals surface area contributed by atoms with E-state index in [4.69, 9.17) is 11.6 Å². The van der Waals surface area contributed by atoms with Gasteiger partial charge in [0.1, 0.15) is 5.52 Å². The van der Waals surface area contributed by atoms with E-state index in [1.807, 2.05) is 0 Å². The van der Waals surface area contributed by atoms with E-state index in [0.717, 1.165) is 12.1 Å². The van der Waals surface area contributed by atoms with Crippen LogP contribution in [0.3, 0.4) is 0 Å². The first-order valence-corrected chi connectivity index (χ1v) is 11.5. The number of carbonyl (C=O) groups excluding carboxylic acids is 1. The Kier molecular flexibility index (Phi) is 5.99. The van der Waals surface area contributed by atoms with Crippen LogP contribution in [0.4, 0.5) is 13.2 Å². The van der Waals surface area contributed by atoms with Gasteiger partial charge >= 0.3 is 6.18 Å². The smallest absolute Gasteiger partial charge is 0.344 e. The highest BCUT2D eigenvalue weighted by molar-refractivity contribution is 6.30. The number of carbonyl (C=O) groups is 1. The second-order valence-corrected chi connectivity index (χ2v) is 9.02. The molecule has 0 unspecified atom stereocenters. The van der Waals surface area contributed by atoms with Gasteiger partial charge in [-0.3, -0.25) is 23.8 Å². The third-order valence-electron chi connectivity index (χ3n) is 6.01. The van der Waals surface area contributed by atoms with Gasteiger partial charge in [0.2, 0.25) is 0 Å². The van der Waals surface area contributed by atoms with Crippen molar-refractivity contribution in [1.29, 1.82) is 0 Å². The summed E-state index contributed by atoms with van der Waals surface area (Å²) in [6.07, 6.45) is -1.47. The molecule has 0 saturated carbocycles. The molecule has 2 aromatic carbocycles. The summed E-state index contributed by atoms with van der Waals surface area (Å²) < 4.78 is 42.0. The van der Waals surface area contributed by atoms with Crippen molar-refractivity contribution in [2.75, 3.05) is 0 Å². The lowest BCUT2D eigenvalue weighted by Gasteiger charge is -2.15. The van der Waals surface area contributed by atoms with Crippen LogP contribution < -0.4 is 10.9 Å².